The number of fused-ring (bicyclic) bond motifs is 1. The smallest absolute Gasteiger partial charge is 0.330 e. The summed E-state index contributed by atoms with van der Waals surface area (Å²) in [7, 11) is 2.95. The summed E-state index contributed by atoms with van der Waals surface area (Å²) in [4.78, 5) is 81.2. The van der Waals surface area contributed by atoms with Crippen molar-refractivity contribution in [3.8, 4) is 0 Å². The average Bonchev–Trinajstić information content (AvgIpc) is 3.76. The number of methoxy groups -OCH3 is 2. The molecule has 26 heteroatoms. The summed E-state index contributed by atoms with van der Waals surface area (Å²) >= 11 is 9.98. The number of hydrogen-bond donors (Lipinski definition) is 6. The van der Waals surface area contributed by atoms with E-state index in [1.54, 1.807) is 0 Å². The SMILES string of the molecule is COCCOC1[C@@H](OP(O)(=S)OC[C@@H]2CC(OCCOC)[C@H](n3cnc4c(=O)[nH]c(N)nc43)O2)[C@@H](COP(O)(O)=S)O[C@H]1n1cc(C)c(=O)[nH]c1=O. The minimum Gasteiger partial charge on any atom is -0.382 e. The van der Waals surface area contributed by atoms with Crippen molar-refractivity contribution in [1.29, 1.82) is 0 Å². The Balaban J connectivity index is 1.37. The van der Waals surface area contributed by atoms with Gasteiger partial charge in [-0.25, -0.2) is 9.78 Å². The topological polar surface area (TPSA) is 288 Å². The quantitative estimate of drug-likeness (QED) is 0.0639. The van der Waals surface area contributed by atoms with E-state index in [0.717, 1.165) is 4.57 Å². The van der Waals surface area contributed by atoms with Gasteiger partial charge in [0.15, 0.2) is 23.6 Å². The van der Waals surface area contributed by atoms with E-state index in [4.69, 9.17) is 59.5 Å². The lowest BCUT2D eigenvalue weighted by Crippen LogP contribution is -2.41. The van der Waals surface area contributed by atoms with Gasteiger partial charge in [-0.1, -0.05) is 0 Å². The van der Waals surface area contributed by atoms with Gasteiger partial charge in [0.2, 0.25) is 5.95 Å². The number of ether oxygens (including phenoxy) is 6. The number of aromatic amines is 2. The number of nitrogens with zero attached hydrogens (tertiary/aromatic N) is 4. The zero-order chi connectivity index (χ0) is 37.8. The Hall–Kier alpha value is -2.35. The van der Waals surface area contributed by atoms with Crippen LogP contribution in [0, 0.1) is 6.92 Å². The van der Waals surface area contributed by atoms with Gasteiger partial charge in [-0.2, -0.15) is 4.98 Å². The van der Waals surface area contributed by atoms with Crippen LogP contribution in [0.15, 0.2) is 26.9 Å². The number of nitrogens with one attached hydrogen (secondary N) is 2. The monoisotopic (exact) mass is 815 g/mol. The van der Waals surface area contributed by atoms with Gasteiger partial charge in [0.1, 0.15) is 24.4 Å². The highest BCUT2D eigenvalue weighted by Gasteiger charge is 2.50. The van der Waals surface area contributed by atoms with Crippen LogP contribution in [0.4, 0.5) is 5.95 Å². The number of H-pyrrole nitrogens is 2. The minimum absolute atomic E-state index is 0.0300. The molecule has 0 bridgehead atoms. The Morgan fingerprint density at radius 1 is 0.942 bits per heavy atom. The third kappa shape index (κ3) is 10.0. The van der Waals surface area contributed by atoms with Crippen molar-refractivity contribution in [2.75, 3.05) is 59.6 Å². The van der Waals surface area contributed by atoms with Crippen molar-refractivity contribution in [2.24, 2.45) is 0 Å². The predicted octanol–water partition coefficient (Wildman–Crippen LogP) is -1.35. The highest BCUT2D eigenvalue weighted by Crippen LogP contribution is 2.50. The molecule has 2 aliphatic rings. The summed E-state index contributed by atoms with van der Waals surface area (Å²) in [5.74, 6) is -0.128. The predicted molar refractivity (Wildman–Crippen MR) is 186 cm³/mol. The van der Waals surface area contributed by atoms with Crippen LogP contribution < -0.4 is 22.5 Å². The molecule has 2 fully saturated rings. The van der Waals surface area contributed by atoms with Crippen LogP contribution in [0.1, 0.15) is 24.4 Å². The van der Waals surface area contributed by atoms with Crippen LogP contribution in [0.5, 0.6) is 0 Å². The van der Waals surface area contributed by atoms with Gasteiger partial charge < -0.3 is 57.9 Å². The summed E-state index contributed by atoms with van der Waals surface area (Å²) < 4.78 is 53.7. The number of rotatable bonds is 18. The molecule has 0 aromatic carbocycles. The highest BCUT2D eigenvalue weighted by molar-refractivity contribution is 8.07. The largest absolute Gasteiger partial charge is 0.382 e. The fraction of sp³-hybridized carbons (Fsp3) is 0.654. The standard InChI is InChI=1S/C26H39N7O15P2S2/c1-13-9-32(26(36)31-21(13)34)24-19(43-7-5-41-3)18(16(47-24)11-44-49(37,38)51)48-50(39,52)45-10-14-8-15(42-6-4-40-2)23(46-14)33-12-28-17-20(33)29-25(27)30-22(17)35/h9,12,14-16,18-19,23-24H,4-8,10-11H2,1-3H3,(H,39,52)(H,31,34,36)(H2,37,38,51)(H3,27,29,30,35)/t14-,15?,16+,18-,19?,23+,24+,50?/m0/s1. The second kappa shape index (κ2) is 17.4. The molecule has 0 aliphatic carbocycles. The second-order valence-electron chi connectivity index (χ2n) is 11.6. The van der Waals surface area contributed by atoms with Crippen LogP contribution in [0.3, 0.4) is 0 Å². The maximum Gasteiger partial charge on any atom is 0.330 e. The lowest BCUT2D eigenvalue weighted by molar-refractivity contribution is -0.0819. The van der Waals surface area contributed by atoms with Gasteiger partial charge in [0.05, 0.1) is 52.1 Å². The van der Waals surface area contributed by atoms with E-state index in [1.165, 1.54) is 38.2 Å². The van der Waals surface area contributed by atoms with E-state index in [0.29, 0.717) is 0 Å². The molecule has 2 saturated heterocycles. The van der Waals surface area contributed by atoms with E-state index in [1.807, 2.05) is 0 Å². The van der Waals surface area contributed by atoms with Gasteiger partial charge in [0.25, 0.3) is 11.1 Å². The van der Waals surface area contributed by atoms with Crippen molar-refractivity contribution in [2.45, 2.75) is 56.3 Å². The van der Waals surface area contributed by atoms with Gasteiger partial charge in [0, 0.05) is 32.4 Å². The highest BCUT2D eigenvalue weighted by atomic mass is 32.5. The van der Waals surface area contributed by atoms with Crippen LogP contribution in [-0.4, -0.2) is 128 Å². The van der Waals surface area contributed by atoms with Crippen molar-refractivity contribution < 1.29 is 56.7 Å². The molecular formula is C26H39N7O15P2S2. The average molecular weight is 816 g/mol. The fourth-order valence-electron chi connectivity index (χ4n) is 5.58. The molecule has 5 heterocycles. The lowest BCUT2D eigenvalue weighted by Gasteiger charge is -2.28. The zero-order valence-corrected chi connectivity index (χ0v) is 31.4. The summed E-state index contributed by atoms with van der Waals surface area (Å²) in [5.41, 5.74) is 4.11. The molecule has 52 heavy (non-hydrogen) atoms. The maximum absolute atomic E-state index is 12.9. The Kier molecular flexibility index (Phi) is 13.7. The number of hydrogen-bond acceptors (Lipinski definition) is 17. The minimum atomic E-state index is -4.23. The Morgan fingerprint density at radius 3 is 2.35 bits per heavy atom. The van der Waals surface area contributed by atoms with E-state index in [9.17, 15) is 29.1 Å². The molecule has 0 spiro atoms. The van der Waals surface area contributed by atoms with Crippen LogP contribution >= 0.6 is 13.4 Å². The van der Waals surface area contributed by atoms with Crippen molar-refractivity contribution in [3.05, 3.63) is 49.3 Å². The molecule has 0 amide bonds. The first kappa shape index (κ1) is 40.8. The van der Waals surface area contributed by atoms with Gasteiger partial charge in [-0.15, -0.1) is 0 Å². The van der Waals surface area contributed by atoms with Crippen LogP contribution in [0.2, 0.25) is 0 Å². The molecule has 5 rings (SSSR count). The first-order valence-corrected chi connectivity index (χ1v) is 20.7. The van der Waals surface area contributed by atoms with E-state index in [2.05, 4.69) is 31.7 Å². The summed E-state index contributed by atoms with van der Waals surface area (Å²) in [6.45, 7) is -7.34. The third-order valence-corrected chi connectivity index (χ3v) is 10.2. The number of imidazole rings is 1. The first-order valence-electron chi connectivity index (χ1n) is 15.5. The third-order valence-electron chi connectivity index (χ3n) is 7.88. The number of nitrogens with two attached hydrogens (primary N) is 1. The molecule has 3 unspecified atom stereocenters. The molecule has 22 nitrogen and oxygen atoms in total. The first-order chi connectivity index (χ1) is 24.6. The second-order valence-corrected chi connectivity index (χ2v) is 17.0. The molecule has 7 N–H and O–H groups in total. The zero-order valence-electron chi connectivity index (χ0n) is 28.0. The van der Waals surface area contributed by atoms with Crippen LogP contribution in [-0.2, 0) is 65.6 Å². The summed E-state index contributed by atoms with van der Waals surface area (Å²) in [6, 6.07) is 0. The van der Waals surface area contributed by atoms with Gasteiger partial charge in [-0.3, -0.25) is 33.2 Å². The lowest BCUT2D eigenvalue weighted by atomic mass is 10.1. The van der Waals surface area contributed by atoms with Crippen LogP contribution in [0.25, 0.3) is 11.2 Å². The number of nitrogen functional groups attached to an aromatic ring is 1. The molecule has 2 aliphatic heterocycles. The number of aryl methyl sites for hydroxylation is 1. The van der Waals surface area contributed by atoms with E-state index in [-0.39, 0.29) is 62.1 Å². The van der Waals surface area contributed by atoms with E-state index >= 15 is 0 Å². The van der Waals surface area contributed by atoms with E-state index < -0.39 is 79.8 Å². The molecule has 3 aromatic heterocycles. The van der Waals surface area contributed by atoms with Crippen molar-refractivity contribution >= 4 is 54.2 Å². The molecule has 0 radical (unpaired) electrons. The molecule has 8 atom stereocenters. The molecular weight excluding hydrogens is 776 g/mol. The Morgan fingerprint density at radius 2 is 1.65 bits per heavy atom. The summed E-state index contributed by atoms with van der Waals surface area (Å²) in [5, 5.41) is 0. The normalized spacial score (nSPS) is 26.3. The fourth-order valence-corrected chi connectivity index (χ4v) is 7.56. The van der Waals surface area contributed by atoms with Crippen molar-refractivity contribution in [3.63, 3.8) is 0 Å². The molecule has 0 saturated carbocycles. The Labute approximate surface area is 304 Å². The molecule has 3 aromatic rings. The Bertz CT molecular complexity index is 1970. The number of aromatic nitrogens is 6. The summed E-state index contributed by atoms with van der Waals surface area (Å²) in [6.07, 6.45) is -4.53. The maximum atomic E-state index is 12.9. The molecule has 290 valence electrons. The number of anilines is 1. The van der Waals surface area contributed by atoms with Gasteiger partial charge >= 0.3 is 19.1 Å². The van der Waals surface area contributed by atoms with Gasteiger partial charge in [-0.05, 0) is 30.5 Å². The van der Waals surface area contributed by atoms with Crippen molar-refractivity contribution in [1.82, 2.24) is 29.1 Å².